The molecule has 0 spiro atoms. The van der Waals surface area contributed by atoms with Crippen LogP contribution in [0.5, 0.6) is 11.5 Å². The zero-order chi connectivity index (χ0) is 20.7. The number of alkyl halides is 2. The van der Waals surface area contributed by atoms with Crippen molar-refractivity contribution in [3.8, 4) is 11.5 Å². The fourth-order valence-electron chi connectivity index (χ4n) is 3.96. The summed E-state index contributed by atoms with van der Waals surface area (Å²) in [4.78, 5) is 0. The van der Waals surface area contributed by atoms with Gasteiger partial charge in [0.05, 0.1) is 17.3 Å². The van der Waals surface area contributed by atoms with Crippen LogP contribution in [-0.2, 0) is 0 Å². The summed E-state index contributed by atoms with van der Waals surface area (Å²) in [6, 6.07) is 22.4. The number of benzene rings is 3. The summed E-state index contributed by atoms with van der Waals surface area (Å²) < 4.78 is 38.0. The van der Waals surface area contributed by atoms with E-state index in [1.807, 2.05) is 53.5 Å². The van der Waals surface area contributed by atoms with Gasteiger partial charge < -0.3 is 9.47 Å². The van der Waals surface area contributed by atoms with Crippen LogP contribution in [0.2, 0.25) is 0 Å². The molecule has 0 aliphatic carbocycles. The summed E-state index contributed by atoms with van der Waals surface area (Å²) in [7, 11) is 0. The van der Waals surface area contributed by atoms with Crippen molar-refractivity contribution in [3.05, 3.63) is 94.0 Å². The zero-order valence-corrected chi connectivity index (χ0v) is 17.3. The molecule has 0 N–H and O–H groups in total. The standard InChI is InChI=1S/C23H17BrF2N2O2/c24-15-10-11-21-17(12-15)19-13-18(14-6-2-1-3-7-14)27-28(19)22(29-21)16-8-4-5-9-20(16)30-23(25)26/h1-12,19,22-23H,13H2. The molecule has 3 aromatic carbocycles. The van der Waals surface area contributed by atoms with Gasteiger partial charge in [0.25, 0.3) is 0 Å². The first kappa shape index (κ1) is 19.1. The summed E-state index contributed by atoms with van der Waals surface area (Å²) in [5.74, 6) is 0.793. The molecule has 2 aliphatic rings. The fourth-order valence-corrected chi connectivity index (χ4v) is 4.33. The Morgan fingerprint density at radius 3 is 2.57 bits per heavy atom. The van der Waals surface area contributed by atoms with Crippen molar-refractivity contribution < 1.29 is 18.3 Å². The van der Waals surface area contributed by atoms with Gasteiger partial charge >= 0.3 is 6.61 Å². The molecule has 0 radical (unpaired) electrons. The average molecular weight is 471 g/mol. The third kappa shape index (κ3) is 3.43. The van der Waals surface area contributed by atoms with Crippen molar-refractivity contribution in [2.45, 2.75) is 25.3 Å². The third-order valence-electron chi connectivity index (χ3n) is 5.26. The zero-order valence-electron chi connectivity index (χ0n) is 15.7. The highest BCUT2D eigenvalue weighted by molar-refractivity contribution is 9.10. The minimum absolute atomic E-state index is 0.0777. The first-order valence-corrected chi connectivity index (χ1v) is 10.3. The first-order chi connectivity index (χ1) is 14.6. The van der Waals surface area contributed by atoms with Gasteiger partial charge in [0.15, 0.2) is 0 Å². The van der Waals surface area contributed by atoms with E-state index in [1.165, 1.54) is 6.07 Å². The maximum Gasteiger partial charge on any atom is 0.387 e. The molecule has 5 rings (SSSR count). The average Bonchev–Trinajstić information content (AvgIpc) is 3.20. The Hall–Kier alpha value is -2.93. The molecule has 2 aliphatic heterocycles. The molecule has 0 amide bonds. The lowest BCUT2D eigenvalue weighted by Crippen LogP contribution is -2.34. The van der Waals surface area contributed by atoms with Crippen molar-refractivity contribution in [2.24, 2.45) is 5.10 Å². The maximum absolute atomic E-state index is 13.0. The van der Waals surface area contributed by atoms with Crippen LogP contribution in [-0.4, -0.2) is 17.3 Å². The van der Waals surface area contributed by atoms with E-state index in [0.717, 1.165) is 21.3 Å². The van der Waals surface area contributed by atoms with E-state index in [0.29, 0.717) is 17.7 Å². The molecule has 0 saturated heterocycles. The smallest absolute Gasteiger partial charge is 0.387 e. The summed E-state index contributed by atoms with van der Waals surface area (Å²) in [6.07, 6.45) is 0.00501. The van der Waals surface area contributed by atoms with Crippen molar-refractivity contribution in [1.82, 2.24) is 5.01 Å². The highest BCUT2D eigenvalue weighted by Crippen LogP contribution is 2.49. The highest BCUT2D eigenvalue weighted by Gasteiger charge is 2.42. The van der Waals surface area contributed by atoms with E-state index in [1.54, 1.807) is 18.2 Å². The molecule has 2 heterocycles. The van der Waals surface area contributed by atoms with Gasteiger partial charge in [-0.3, -0.25) is 0 Å². The molecule has 7 heteroatoms. The molecular weight excluding hydrogens is 454 g/mol. The Labute approximate surface area is 180 Å². The quantitative estimate of drug-likeness (QED) is 0.449. The summed E-state index contributed by atoms with van der Waals surface area (Å²) in [6.45, 7) is -2.92. The Morgan fingerprint density at radius 2 is 1.77 bits per heavy atom. The van der Waals surface area contributed by atoms with Crippen LogP contribution in [0.15, 0.2) is 82.4 Å². The molecule has 2 atom stereocenters. The van der Waals surface area contributed by atoms with Gasteiger partial charge in [-0.15, -0.1) is 0 Å². The van der Waals surface area contributed by atoms with Gasteiger partial charge in [-0.2, -0.15) is 13.9 Å². The molecule has 0 saturated carbocycles. The largest absolute Gasteiger partial charge is 0.464 e. The SMILES string of the molecule is FC(F)Oc1ccccc1C1Oc2ccc(Br)cc2C2CC(c3ccccc3)=NN21. The number of hydrogen-bond donors (Lipinski definition) is 0. The predicted molar refractivity (Wildman–Crippen MR) is 113 cm³/mol. The van der Waals surface area contributed by atoms with Gasteiger partial charge in [0.2, 0.25) is 6.23 Å². The second-order valence-electron chi connectivity index (χ2n) is 7.08. The van der Waals surface area contributed by atoms with Gasteiger partial charge in [0.1, 0.15) is 11.5 Å². The number of hydrogen-bond acceptors (Lipinski definition) is 4. The molecule has 0 fully saturated rings. The molecule has 2 unspecified atom stereocenters. The van der Waals surface area contributed by atoms with E-state index in [-0.39, 0.29) is 11.8 Å². The maximum atomic E-state index is 13.0. The van der Waals surface area contributed by atoms with Crippen LogP contribution in [0.25, 0.3) is 0 Å². The number of rotatable bonds is 4. The normalized spacial score (nSPS) is 19.7. The molecule has 0 aromatic heterocycles. The summed E-state index contributed by atoms with van der Waals surface area (Å²) in [5, 5.41) is 6.71. The Bertz CT molecular complexity index is 1110. The van der Waals surface area contributed by atoms with Crippen LogP contribution in [0.4, 0.5) is 8.78 Å². The Balaban J connectivity index is 1.61. The van der Waals surface area contributed by atoms with Crippen molar-refractivity contribution in [2.75, 3.05) is 0 Å². The number of para-hydroxylation sites is 1. The highest BCUT2D eigenvalue weighted by atomic mass is 79.9. The Kier molecular flexibility index (Phi) is 4.90. The molecule has 30 heavy (non-hydrogen) atoms. The second-order valence-corrected chi connectivity index (χ2v) is 8.00. The lowest BCUT2D eigenvalue weighted by molar-refractivity contribution is -0.0578. The van der Waals surface area contributed by atoms with Crippen molar-refractivity contribution in [3.63, 3.8) is 0 Å². The van der Waals surface area contributed by atoms with Crippen LogP contribution >= 0.6 is 15.9 Å². The van der Waals surface area contributed by atoms with Crippen molar-refractivity contribution >= 4 is 21.6 Å². The minimum atomic E-state index is -2.92. The topological polar surface area (TPSA) is 34.1 Å². The number of hydrazone groups is 1. The summed E-state index contributed by atoms with van der Waals surface area (Å²) >= 11 is 3.53. The van der Waals surface area contributed by atoms with Gasteiger partial charge in [-0.1, -0.05) is 58.4 Å². The molecule has 152 valence electrons. The van der Waals surface area contributed by atoms with E-state index in [9.17, 15) is 8.78 Å². The number of fused-ring (bicyclic) bond motifs is 3. The molecule has 3 aromatic rings. The monoisotopic (exact) mass is 470 g/mol. The summed E-state index contributed by atoms with van der Waals surface area (Å²) in [5.41, 5.74) is 3.46. The number of nitrogens with zero attached hydrogens (tertiary/aromatic N) is 2. The Morgan fingerprint density at radius 1 is 1.00 bits per heavy atom. The van der Waals surface area contributed by atoms with Gasteiger partial charge in [0, 0.05) is 16.5 Å². The minimum Gasteiger partial charge on any atom is -0.464 e. The second kappa shape index (κ2) is 7.72. The molecule has 0 bridgehead atoms. The van der Waals surface area contributed by atoms with Crippen LogP contribution < -0.4 is 9.47 Å². The molecular formula is C23H17BrF2N2O2. The van der Waals surface area contributed by atoms with Crippen LogP contribution in [0.1, 0.15) is 35.4 Å². The van der Waals surface area contributed by atoms with E-state index in [4.69, 9.17) is 14.6 Å². The predicted octanol–water partition coefficient (Wildman–Crippen LogP) is 6.29. The molecule has 4 nitrogen and oxygen atoms in total. The fraction of sp³-hybridized carbons (Fsp3) is 0.174. The van der Waals surface area contributed by atoms with Crippen LogP contribution in [0, 0.1) is 0 Å². The van der Waals surface area contributed by atoms with Gasteiger partial charge in [-0.25, -0.2) is 5.01 Å². The van der Waals surface area contributed by atoms with Crippen LogP contribution in [0.3, 0.4) is 0 Å². The van der Waals surface area contributed by atoms with Gasteiger partial charge in [-0.05, 0) is 35.9 Å². The third-order valence-corrected chi connectivity index (χ3v) is 5.75. The number of ether oxygens (including phenoxy) is 2. The number of halogens is 3. The van der Waals surface area contributed by atoms with E-state index < -0.39 is 12.8 Å². The van der Waals surface area contributed by atoms with Crippen molar-refractivity contribution in [1.29, 1.82) is 0 Å². The van der Waals surface area contributed by atoms with E-state index >= 15 is 0 Å². The first-order valence-electron chi connectivity index (χ1n) is 9.51. The van der Waals surface area contributed by atoms with E-state index in [2.05, 4.69) is 15.9 Å². The lowest BCUT2D eigenvalue weighted by atomic mass is 9.96. The lowest BCUT2D eigenvalue weighted by Gasteiger charge is -2.38.